The summed E-state index contributed by atoms with van der Waals surface area (Å²) < 4.78 is 13.0. The van der Waals surface area contributed by atoms with Gasteiger partial charge in [-0.15, -0.1) is 0 Å². The average molecular weight is 362 g/mol. The summed E-state index contributed by atoms with van der Waals surface area (Å²) in [5.74, 6) is -1.65. The van der Waals surface area contributed by atoms with Crippen molar-refractivity contribution in [1.29, 1.82) is 0 Å². The number of carbonyl (C=O) groups excluding carboxylic acids is 1. The molecular formula is C19H17ClFNO3. The number of hydrogen-bond acceptors (Lipinski definition) is 2. The van der Waals surface area contributed by atoms with Crippen molar-refractivity contribution in [2.75, 3.05) is 0 Å². The number of hydrogen-bond donors (Lipinski definition) is 2. The molecule has 0 saturated heterocycles. The van der Waals surface area contributed by atoms with Crippen molar-refractivity contribution in [3.63, 3.8) is 0 Å². The van der Waals surface area contributed by atoms with Gasteiger partial charge in [-0.25, -0.2) is 4.39 Å². The lowest BCUT2D eigenvalue weighted by Gasteiger charge is -2.17. The molecule has 1 aliphatic carbocycles. The molecular weight excluding hydrogens is 345 g/mol. The Labute approximate surface area is 149 Å². The van der Waals surface area contributed by atoms with Crippen molar-refractivity contribution in [3.8, 4) is 0 Å². The number of carbonyl (C=O) groups is 2. The molecule has 4 nitrogen and oxygen atoms in total. The number of nitrogens with one attached hydrogen (secondary N) is 1. The smallest absolute Gasteiger partial charge is 0.305 e. The van der Waals surface area contributed by atoms with Crippen molar-refractivity contribution in [2.24, 2.45) is 5.92 Å². The molecule has 1 aliphatic rings. The van der Waals surface area contributed by atoms with E-state index >= 15 is 0 Å². The highest BCUT2D eigenvalue weighted by Crippen LogP contribution is 2.47. The van der Waals surface area contributed by atoms with Crippen molar-refractivity contribution in [1.82, 2.24) is 5.32 Å². The first kappa shape index (κ1) is 17.4. The summed E-state index contributed by atoms with van der Waals surface area (Å²) in [6, 6.07) is 12.3. The lowest BCUT2D eigenvalue weighted by Crippen LogP contribution is -2.31. The largest absolute Gasteiger partial charge is 0.481 e. The second-order valence-electron chi connectivity index (χ2n) is 6.21. The third-order valence-electron chi connectivity index (χ3n) is 4.39. The van der Waals surface area contributed by atoms with Crippen LogP contribution in [0.5, 0.6) is 0 Å². The number of carboxylic acid groups (broad SMARTS) is 1. The van der Waals surface area contributed by atoms with Gasteiger partial charge in [-0.1, -0.05) is 35.9 Å². The maximum Gasteiger partial charge on any atom is 0.305 e. The normalized spacial score (nSPS) is 19.9. The van der Waals surface area contributed by atoms with Gasteiger partial charge in [0.15, 0.2) is 0 Å². The molecule has 0 bridgehead atoms. The first-order valence-electron chi connectivity index (χ1n) is 7.97. The van der Waals surface area contributed by atoms with E-state index in [1.54, 1.807) is 36.4 Å². The van der Waals surface area contributed by atoms with Gasteiger partial charge >= 0.3 is 5.97 Å². The van der Waals surface area contributed by atoms with Crippen LogP contribution in [0.3, 0.4) is 0 Å². The Bertz CT molecular complexity index is 776. The Morgan fingerprint density at radius 3 is 2.40 bits per heavy atom. The summed E-state index contributed by atoms with van der Waals surface area (Å²) in [6.45, 7) is 0. The summed E-state index contributed by atoms with van der Waals surface area (Å²) in [5, 5.41) is 12.5. The molecule has 3 atom stereocenters. The number of carboxylic acids is 1. The predicted molar refractivity (Wildman–Crippen MR) is 91.8 cm³/mol. The quantitative estimate of drug-likeness (QED) is 0.819. The van der Waals surface area contributed by atoms with E-state index in [1.165, 1.54) is 12.1 Å². The van der Waals surface area contributed by atoms with E-state index in [2.05, 4.69) is 5.32 Å². The van der Waals surface area contributed by atoms with Crippen molar-refractivity contribution in [2.45, 2.75) is 24.8 Å². The first-order valence-corrected chi connectivity index (χ1v) is 8.35. The van der Waals surface area contributed by atoms with Crippen LogP contribution in [0.1, 0.15) is 35.9 Å². The van der Waals surface area contributed by atoms with E-state index in [1.807, 2.05) is 0 Å². The molecule has 0 heterocycles. The summed E-state index contributed by atoms with van der Waals surface area (Å²) in [7, 11) is 0. The lowest BCUT2D eigenvalue weighted by atomic mass is 10.0. The molecule has 2 aromatic carbocycles. The molecule has 1 fully saturated rings. The van der Waals surface area contributed by atoms with Gasteiger partial charge in [0.2, 0.25) is 5.91 Å². The fourth-order valence-corrected chi connectivity index (χ4v) is 3.09. The van der Waals surface area contributed by atoms with E-state index in [-0.39, 0.29) is 30.0 Å². The van der Waals surface area contributed by atoms with Crippen LogP contribution < -0.4 is 5.32 Å². The zero-order valence-electron chi connectivity index (χ0n) is 13.3. The van der Waals surface area contributed by atoms with Crippen LogP contribution in [0.4, 0.5) is 4.39 Å². The van der Waals surface area contributed by atoms with Gasteiger partial charge in [0, 0.05) is 10.9 Å². The summed E-state index contributed by atoms with van der Waals surface area (Å²) in [4.78, 5) is 23.6. The number of rotatable bonds is 6. The van der Waals surface area contributed by atoms with Crippen LogP contribution in [-0.2, 0) is 9.59 Å². The minimum Gasteiger partial charge on any atom is -0.481 e. The highest BCUT2D eigenvalue weighted by atomic mass is 35.5. The number of halogens is 2. The zero-order valence-corrected chi connectivity index (χ0v) is 14.0. The van der Waals surface area contributed by atoms with Gasteiger partial charge < -0.3 is 10.4 Å². The Balaban J connectivity index is 1.67. The maximum atomic E-state index is 13.0. The van der Waals surface area contributed by atoms with E-state index in [0.717, 1.165) is 5.56 Å². The molecule has 25 heavy (non-hydrogen) atoms. The molecule has 0 spiro atoms. The van der Waals surface area contributed by atoms with Crippen molar-refractivity contribution < 1.29 is 19.1 Å². The minimum absolute atomic E-state index is 0.0521. The number of aliphatic carboxylic acids is 1. The Kier molecular flexibility index (Phi) is 5.04. The van der Waals surface area contributed by atoms with Crippen molar-refractivity contribution in [3.05, 3.63) is 70.5 Å². The van der Waals surface area contributed by atoms with Crippen LogP contribution in [-0.4, -0.2) is 17.0 Å². The van der Waals surface area contributed by atoms with Crippen LogP contribution in [0.2, 0.25) is 5.02 Å². The highest BCUT2D eigenvalue weighted by Gasteiger charge is 2.44. The van der Waals surface area contributed by atoms with Crippen molar-refractivity contribution >= 4 is 23.5 Å². The molecule has 3 rings (SSSR count). The Morgan fingerprint density at radius 1 is 1.16 bits per heavy atom. The molecule has 2 aromatic rings. The first-order chi connectivity index (χ1) is 11.9. The van der Waals surface area contributed by atoms with E-state index in [4.69, 9.17) is 16.7 Å². The molecule has 2 N–H and O–H groups in total. The van der Waals surface area contributed by atoms with Crippen LogP contribution in [0.15, 0.2) is 48.5 Å². The summed E-state index contributed by atoms with van der Waals surface area (Å²) in [5.41, 5.74) is 1.61. The highest BCUT2D eigenvalue weighted by molar-refractivity contribution is 6.30. The van der Waals surface area contributed by atoms with Crippen LogP contribution >= 0.6 is 11.6 Å². The van der Waals surface area contributed by atoms with E-state index in [0.29, 0.717) is 17.0 Å². The van der Waals surface area contributed by atoms with Gasteiger partial charge in [-0.3, -0.25) is 9.59 Å². The number of benzene rings is 2. The fourth-order valence-electron chi connectivity index (χ4n) is 2.96. The van der Waals surface area contributed by atoms with Gasteiger partial charge in [0.1, 0.15) is 5.82 Å². The predicted octanol–water partition coefficient (Wildman–Crippen LogP) is 3.91. The molecule has 0 unspecified atom stereocenters. The summed E-state index contributed by atoms with van der Waals surface area (Å²) >= 11 is 5.86. The van der Waals surface area contributed by atoms with Gasteiger partial charge in [0.05, 0.1) is 12.5 Å². The van der Waals surface area contributed by atoms with Crippen LogP contribution in [0.25, 0.3) is 0 Å². The lowest BCUT2D eigenvalue weighted by molar-refractivity contribution is -0.137. The van der Waals surface area contributed by atoms with Gasteiger partial charge in [0.25, 0.3) is 0 Å². The monoisotopic (exact) mass is 361 g/mol. The number of amides is 1. The molecule has 0 radical (unpaired) electrons. The molecule has 1 saturated carbocycles. The zero-order chi connectivity index (χ0) is 18.0. The topological polar surface area (TPSA) is 66.4 Å². The summed E-state index contributed by atoms with van der Waals surface area (Å²) in [6.07, 6.45) is 0.471. The molecule has 130 valence electrons. The molecule has 6 heteroatoms. The Morgan fingerprint density at radius 2 is 1.80 bits per heavy atom. The van der Waals surface area contributed by atoms with Gasteiger partial charge in [-0.2, -0.15) is 0 Å². The van der Waals surface area contributed by atoms with Gasteiger partial charge in [-0.05, 0) is 47.7 Å². The third kappa shape index (κ3) is 4.37. The van der Waals surface area contributed by atoms with Crippen LogP contribution in [0, 0.1) is 11.7 Å². The van der Waals surface area contributed by atoms with E-state index in [9.17, 15) is 14.0 Å². The molecule has 0 aromatic heterocycles. The average Bonchev–Trinajstić information content (AvgIpc) is 3.36. The molecule has 0 aliphatic heterocycles. The fraction of sp³-hybridized carbons (Fsp3) is 0.263. The Hall–Kier alpha value is -2.40. The second-order valence-corrected chi connectivity index (χ2v) is 6.65. The molecule has 1 amide bonds. The third-order valence-corrected chi connectivity index (χ3v) is 4.64. The maximum absolute atomic E-state index is 13.0. The second kappa shape index (κ2) is 7.23. The SMILES string of the molecule is O=C(O)C[C@H](NC(=O)[C@@H]1C[C@H]1c1ccc(F)cc1)c1ccc(Cl)cc1. The standard InChI is InChI=1S/C19H17ClFNO3/c20-13-5-1-12(2-6-13)17(10-18(23)24)22-19(25)16-9-15(16)11-3-7-14(21)8-4-11/h1-8,15-17H,9-10H2,(H,22,25)(H,23,24)/t15-,16+,17-/m0/s1. The minimum atomic E-state index is -0.994. The van der Waals surface area contributed by atoms with E-state index < -0.39 is 12.0 Å².